The van der Waals surface area contributed by atoms with Crippen molar-refractivity contribution in [3.05, 3.63) is 29.3 Å². The molecule has 3 aliphatic rings. The lowest BCUT2D eigenvalue weighted by atomic mass is 9.90. The normalized spacial score (nSPS) is 27.8. The number of hydrogen-bond acceptors (Lipinski definition) is 4. The van der Waals surface area contributed by atoms with E-state index in [0.29, 0.717) is 5.02 Å². The number of amides is 2. The number of likely N-dealkylation sites (tertiary alicyclic amines) is 1. The van der Waals surface area contributed by atoms with Crippen molar-refractivity contribution in [2.24, 2.45) is 5.41 Å². The van der Waals surface area contributed by atoms with Gasteiger partial charge in [-0.05, 0) is 56.3 Å². The maximum absolute atomic E-state index is 12.6. The lowest BCUT2D eigenvalue weighted by Crippen LogP contribution is -2.56. The van der Waals surface area contributed by atoms with Gasteiger partial charge in [0.25, 0.3) is 0 Å². The van der Waals surface area contributed by atoms with Gasteiger partial charge in [-0.25, -0.2) is 4.79 Å². The monoisotopic (exact) mass is 406 g/mol. The van der Waals surface area contributed by atoms with Crippen molar-refractivity contribution < 1.29 is 9.90 Å². The van der Waals surface area contributed by atoms with Crippen LogP contribution in [-0.4, -0.2) is 83.8 Å². The topological polar surface area (TPSA) is 59.1 Å². The van der Waals surface area contributed by atoms with Crippen LogP contribution in [0.1, 0.15) is 26.2 Å². The molecule has 3 fully saturated rings. The predicted octanol–water partition coefficient (Wildman–Crippen LogP) is 2.72. The Kier molecular flexibility index (Phi) is 5.83. The van der Waals surface area contributed by atoms with Gasteiger partial charge < -0.3 is 15.3 Å². The summed E-state index contributed by atoms with van der Waals surface area (Å²) in [5.74, 6) is 0. The molecule has 2 aliphatic heterocycles. The van der Waals surface area contributed by atoms with Crippen LogP contribution in [0.3, 0.4) is 0 Å². The fraction of sp³-hybridized carbons (Fsp3) is 0.667. The van der Waals surface area contributed by atoms with E-state index in [2.05, 4.69) is 22.0 Å². The first-order valence-corrected chi connectivity index (χ1v) is 10.8. The van der Waals surface area contributed by atoms with Crippen molar-refractivity contribution >= 4 is 23.3 Å². The number of piperazine rings is 1. The number of piperidine rings is 1. The molecule has 1 saturated carbocycles. The minimum Gasteiger partial charge on any atom is -0.391 e. The number of benzene rings is 1. The maximum Gasteiger partial charge on any atom is 0.322 e. The van der Waals surface area contributed by atoms with Gasteiger partial charge in [0.05, 0.1) is 6.10 Å². The Morgan fingerprint density at radius 3 is 2.57 bits per heavy atom. The molecule has 6 nitrogen and oxygen atoms in total. The van der Waals surface area contributed by atoms with Gasteiger partial charge in [-0.2, -0.15) is 0 Å². The number of hydrogen-bond donors (Lipinski definition) is 2. The third-order valence-electron chi connectivity index (χ3n) is 6.74. The lowest BCUT2D eigenvalue weighted by molar-refractivity contribution is 0.00301. The van der Waals surface area contributed by atoms with E-state index in [1.54, 1.807) is 12.1 Å². The van der Waals surface area contributed by atoms with Gasteiger partial charge in [0.1, 0.15) is 0 Å². The number of aliphatic hydroxyl groups excluding tert-OH is 1. The Hall–Kier alpha value is -1.34. The summed E-state index contributed by atoms with van der Waals surface area (Å²) in [4.78, 5) is 19.4. The molecule has 2 atom stereocenters. The standard InChI is InChI=1S/C21H31ClN4O2/c1-16-14-25(10-9-24-8-7-21(5-6-21)19(27)15-24)11-12-26(16)20(28)23-18-4-2-3-17(22)13-18/h2-4,13,16,19,27H,5-12,14-15H2,1H3,(H,23,28). The summed E-state index contributed by atoms with van der Waals surface area (Å²) < 4.78 is 0. The Morgan fingerprint density at radius 1 is 1.18 bits per heavy atom. The number of nitrogens with zero attached hydrogens (tertiary/aromatic N) is 3. The number of β-amino-alcohol motifs (C(OH)–C–C–N with tert-alkyl or cyclic N) is 1. The fourth-order valence-electron chi connectivity index (χ4n) is 4.61. The molecule has 0 bridgehead atoms. The number of urea groups is 1. The number of halogens is 1. The largest absolute Gasteiger partial charge is 0.391 e. The quantitative estimate of drug-likeness (QED) is 0.807. The van der Waals surface area contributed by atoms with Crippen LogP contribution < -0.4 is 5.32 Å². The molecule has 28 heavy (non-hydrogen) atoms. The van der Waals surface area contributed by atoms with E-state index in [1.807, 2.05) is 17.0 Å². The molecular formula is C21H31ClN4O2. The number of carbonyl (C=O) groups is 1. The molecule has 1 aliphatic carbocycles. The van der Waals surface area contributed by atoms with E-state index in [-0.39, 0.29) is 23.6 Å². The highest BCUT2D eigenvalue weighted by Gasteiger charge is 2.51. The van der Waals surface area contributed by atoms with E-state index in [9.17, 15) is 9.90 Å². The molecule has 1 aromatic carbocycles. The number of carbonyl (C=O) groups excluding carboxylic acids is 1. The van der Waals surface area contributed by atoms with Gasteiger partial charge in [-0.3, -0.25) is 9.80 Å². The van der Waals surface area contributed by atoms with Gasteiger partial charge in [-0.1, -0.05) is 17.7 Å². The van der Waals surface area contributed by atoms with E-state index in [1.165, 1.54) is 12.8 Å². The van der Waals surface area contributed by atoms with Crippen molar-refractivity contribution in [2.45, 2.75) is 38.3 Å². The van der Waals surface area contributed by atoms with Crippen molar-refractivity contribution in [2.75, 3.05) is 51.1 Å². The molecule has 1 spiro atoms. The van der Waals surface area contributed by atoms with E-state index < -0.39 is 0 Å². The maximum atomic E-state index is 12.6. The number of rotatable bonds is 4. The number of anilines is 1. The molecular weight excluding hydrogens is 376 g/mol. The molecule has 2 unspecified atom stereocenters. The first-order valence-electron chi connectivity index (χ1n) is 10.4. The summed E-state index contributed by atoms with van der Waals surface area (Å²) in [7, 11) is 0. The third-order valence-corrected chi connectivity index (χ3v) is 6.97. The highest BCUT2D eigenvalue weighted by atomic mass is 35.5. The molecule has 7 heteroatoms. The van der Waals surface area contributed by atoms with Crippen LogP contribution in [-0.2, 0) is 0 Å². The smallest absolute Gasteiger partial charge is 0.322 e. The third kappa shape index (κ3) is 4.46. The Balaban J connectivity index is 1.22. The molecule has 0 aromatic heterocycles. The molecule has 2 amide bonds. The second-order valence-electron chi connectivity index (χ2n) is 8.71. The summed E-state index contributed by atoms with van der Waals surface area (Å²) in [5.41, 5.74) is 0.997. The molecule has 2 N–H and O–H groups in total. The first-order chi connectivity index (χ1) is 13.4. The minimum absolute atomic E-state index is 0.0664. The minimum atomic E-state index is -0.146. The second kappa shape index (κ2) is 8.19. The lowest BCUT2D eigenvalue weighted by Gasteiger charge is -2.41. The molecule has 2 heterocycles. The van der Waals surface area contributed by atoms with Crippen LogP contribution in [0.25, 0.3) is 0 Å². The SMILES string of the molecule is CC1CN(CCN2CCC3(CC3)C(O)C2)CCN1C(=O)Nc1cccc(Cl)c1. The van der Waals surface area contributed by atoms with E-state index in [0.717, 1.165) is 57.9 Å². The predicted molar refractivity (Wildman–Crippen MR) is 112 cm³/mol. The van der Waals surface area contributed by atoms with Crippen LogP contribution in [0.4, 0.5) is 10.5 Å². The number of nitrogens with one attached hydrogen (secondary N) is 1. The highest BCUT2D eigenvalue weighted by Crippen LogP contribution is 2.53. The van der Waals surface area contributed by atoms with Crippen molar-refractivity contribution in [1.29, 1.82) is 0 Å². The average Bonchev–Trinajstić information content (AvgIpc) is 3.44. The Morgan fingerprint density at radius 2 is 1.93 bits per heavy atom. The van der Waals surface area contributed by atoms with Crippen LogP contribution >= 0.6 is 11.6 Å². The Labute approximate surface area is 172 Å². The fourth-order valence-corrected chi connectivity index (χ4v) is 4.80. The van der Waals surface area contributed by atoms with Crippen molar-refractivity contribution in [1.82, 2.24) is 14.7 Å². The highest BCUT2D eigenvalue weighted by molar-refractivity contribution is 6.30. The second-order valence-corrected chi connectivity index (χ2v) is 9.15. The zero-order valence-electron chi connectivity index (χ0n) is 16.6. The van der Waals surface area contributed by atoms with Gasteiger partial charge in [-0.15, -0.1) is 0 Å². The zero-order chi connectivity index (χ0) is 19.7. The molecule has 4 rings (SSSR count). The van der Waals surface area contributed by atoms with Crippen LogP contribution in [0, 0.1) is 5.41 Å². The van der Waals surface area contributed by atoms with E-state index in [4.69, 9.17) is 11.6 Å². The summed E-state index contributed by atoms with van der Waals surface area (Å²) in [6, 6.07) is 7.34. The molecule has 0 radical (unpaired) electrons. The summed E-state index contributed by atoms with van der Waals surface area (Å²) >= 11 is 6.00. The van der Waals surface area contributed by atoms with Crippen LogP contribution in [0.15, 0.2) is 24.3 Å². The summed E-state index contributed by atoms with van der Waals surface area (Å²) in [5, 5.41) is 13.9. The Bertz CT molecular complexity index is 711. The molecule has 2 saturated heterocycles. The van der Waals surface area contributed by atoms with Gasteiger partial charge in [0, 0.05) is 56.0 Å². The van der Waals surface area contributed by atoms with Crippen LogP contribution in [0.5, 0.6) is 0 Å². The average molecular weight is 407 g/mol. The van der Waals surface area contributed by atoms with Gasteiger partial charge >= 0.3 is 6.03 Å². The summed E-state index contributed by atoms with van der Waals surface area (Å²) in [6.45, 7) is 8.50. The van der Waals surface area contributed by atoms with E-state index >= 15 is 0 Å². The molecule has 154 valence electrons. The van der Waals surface area contributed by atoms with Gasteiger partial charge in [0.2, 0.25) is 0 Å². The van der Waals surface area contributed by atoms with Crippen LogP contribution in [0.2, 0.25) is 5.02 Å². The van der Waals surface area contributed by atoms with Gasteiger partial charge in [0.15, 0.2) is 0 Å². The zero-order valence-corrected chi connectivity index (χ0v) is 17.4. The van der Waals surface area contributed by atoms with Crippen molar-refractivity contribution in [3.63, 3.8) is 0 Å². The summed E-state index contributed by atoms with van der Waals surface area (Å²) in [6.07, 6.45) is 3.41. The number of aliphatic hydroxyl groups is 1. The first kappa shape index (κ1) is 20.0. The molecule has 1 aromatic rings. The van der Waals surface area contributed by atoms with Crippen molar-refractivity contribution in [3.8, 4) is 0 Å².